The smallest absolute Gasteiger partial charge is 0.273 e. The molecule has 0 aliphatic heterocycles. The summed E-state index contributed by atoms with van der Waals surface area (Å²) in [5.74, 6) is -1.75. The van der Waals surface area contributed by atoms with E-state index in [-0.39, 0.29) is 22.0 Å². The minimum absolute atomic E-state index is 0.00829. The van der Waals surface area contributed by atoms with E-state index in [1.165, 1.54) is 12.1 Å². The van der Waals surface area contributed by atoms with Gasteiger partial charge in [0.25, 0.3) is 11.6 Å². The summed E-state index contributed by atoms with van der Waals surface area (Å²) in [5, 5.41) is 22.3. The van der Waals surface area contributed by atoms with E-state index in [9.17, 15) is 24.4 Å². The molecule has 2 rings (SSSR count). The van der Waals surface area contributed by atoms with Crippen molar-refractivity contribution in [2.75, 3.05) is 5.32 Å². The van der Waals surface area contributed by atoms with Gasteiger partial charge in [-0.15, -0.1) is 0 Å². The molecule has 0 atom stereocenters. The molecule has 8 heteroatoms. The Kier molecular flexibility index (Phi) is 4.04. The molecule has 0 fully saturated rings. The van der Waals surface area contributed by atoms with Crippen LogP contribution < -0.4 is 5.32 Å². The number of nitrogens with one attached hydrogen (secondary N) is 1. The van der Waals surface area contributed by atoms with Crippen molar-refractivity contribution >= 4 is 28.9 Å². The molecule has 0 bridgehead atoms. The predicted octanol–water partition coefficient (Wildman–Crippen LogP) is 3.35. The number of anilines is 1. The highest BCUT2D eigenvalue weighted by molar-refractivity contribution is 6.31. The first kappa shape index (κ1) is 14.7. The molecular formula is C13H8ClFN2O4. The summed E-state index contributed by atoms with van der Waals surface area (Å²) in [5.41, 5.74) is -0.236. The van der Waals surface area contributed by atoms with Crippen LogP contribution in [0.15, 0.2) is 36.4 Å². The first-order valence-electron chi connectivity index (χ1n) is 5.62. The molecule has 0 aromatic heterocycles. The minimum atomic E-state index is -0.676. The van der Waals surface area contributed by atoms with Crippen LogP contribution >= 0.6 is 11.6 Å². The van der Waals surface area contributed by atoms with Crippen molar-refractivity contribution in [1.82, 2.24) is 0 Å². The van der Waals surface area contributed by atoms with Crippen molar-refractivity contribution in [2.45, 2.75) is 0 Å². The van der Waals surface area contributed by atoms with Gasteiger partial charge >= 0.3 is 0 Å². The van der Waals surface area contributed by atoms with Crippen LogP contribution in [0.2, 0.25) is 5.02 Å². The number of rotatable bonds is 3. The average Bonchev–Trinajstić information content (AvgIpc) is 2.43. The highest BCUT2D eigenvalue weighted by Gasteiger charge is 2.14. The maximum atomic E-state index is 13.0. The second kappa shape index (κ2) is 5.76. The van der Waals surface area contributed by atoms with E-state index in [0.29, 0.717) is 0 Å². The number of amides is 1. The Bertz CT molecular complexity index is 736. The van der Waals surface area contributed by atoms with Gasteiger partial charge in [0.05, 0.1) is 21.7 Å². The van der Waals surface area contributed by atoms with Gasteiger partial charge in [-0.3, -0.25) is 14.9 Å². The molecule has 2 aromatic rings. The topological polar surface area (TPSA) is 92.5 Å². The lowest BCUT2D eigenvalue weighted by molar-refractivity contribution is -0.384. The fourth-order valence-corrected chi connectivity index (χ4v) is 1.75. The summed E-state index contributed by atoms with van der Waals surface area (Å²) in [6.45, 7) is 0. The van der Waals surface area contributed by atoms with Crippen molar-refractivity contribution in [3.8, 4) is 5.75 Å². The molecule has 0 aliphatic rings. The first-order valence-corrected chi connectivity index (χ1v) is 6.00. The molecule has 1 amide bonds. The highest BCUT2D eigenvalue weighted by atomic mass is 35.5. The number of aromatic hydroxyl groups is 1. The Balaban J connectivity index is 2.23. The van der Waals surface area contributed by atoms with Gasteiger partial charge in [0.1, 0.15) is 11.6 Å². The molecule has 0 aliphatic carbocycles. The number of hydrogen-bond donors (Lipinski definition) is 2. The van der Waals surface area contributed by atoms with Crippen molar-refractivity contribution in [1.29, 1.82) is 0 Å². The SMILES string of the molecule is O=C(Nc1ccc([N+](=O)[O-])cc1O)c1ccc(F)c(Cl)c1. The Morgan fingerprint density at radius 2 is 2.00 bits per heavy atom. The van der Waals surface area contributed by atoms with Gasteiger partial charge in [-0.1, -0.05) is 11.6 Å². The summed E-state index contributed by atoms with van der Waals surface area (Å²) in [6.07, 6.45) is 0. The summed E-state index contributed by atoms with van der Waals surface area (Å²) >= 11 is 5.57. The Morgan fingerprint density at radius 3 is 2.57 bits per heavy atom. The number of carbonyl (C=O) groups is 1. The maximum Gasteiger partial charge on any atom is 0.273 e. The Morgan fingerprint density at radius 1 is 1.29 bits per heavy atom. The van der Waals surface area contributed by atoms with E-state index >= 15 is 0 Å². The number of nitro benzene ring substituents is 1. The molecular weight excluding hydrogens is 303 g/mol. The number of nitrogens with zero attached hydrogens (tertiary/aromatic N) is 1. The van der Waals surface area contributed by atoms with Gasteiger partial charge in [-0.05, 0) is 24.3 Å². The monoisotopic (exact) mass is 310 g/mol. The lowest BCUT2D eigenvalue weighted by atomic mass is 10.2. The minimum Gasteiger partial charge on any atom is -0.506 e. The molecule has 0 spiro atoms. The van der Waals surface area contributed by atoms with Crippen LogP contribution in [0.25, 0.3) is 0 Å². The predicted molar refractivity (Wildman–Crippen MR) is 74.1 cm³/mol. The summed E-state index contributed by atoms with van der Waals surface area (Å²) in [7, 11) is 0. The van der Waals surface area contributed by atoms with Crippen LogP contribution in [-0.4, -0.2) is 15.9 Å². The number of phenolic OH excluding ortho intramolecular Hbond substituents is 1. The van der Waals surface area contributed by atoms with E-state index in [0.717, 1.165) is 24.3 Å². The number of non-ortho nitro benzene ring substituents is 1. The van der Waals surface area contributed by atoms with Crippen molar-refractivity contribution in [2.24, 2.45) is 0 Å². The summed E-state index contributed by atoms with van der Waals surface area (Å²) in [4.78, 5) is 21.8. The second-order valence-corrected chi connectivity index (χ2v) is 4.45. The van der Waals surface area contributed by atoms with E-state index in [4.69, 9.17) is 11.6 Å². The Labute approximate surface area is 122 Å². The normalized spacial score (nSPS) is 10.2. The maximum absolute atomic E-state index is 13.0. The van der Waals surface area contributed by atoms with Crippen LogP contribution in [0.3, 0.4) is 0 Å². The fourth-order valence-electron chi connectivity index (χ4n) is 1.57. The van der Waals surface area contributed by atoms with E-state index in [1.54, 1.807) is 0 Å². The van der Waals surface area contributed by atoms with Gasteiger partial charge in [-0.25, -0.2) is 4.39 Å². The van der Waals surface area contributed by atoms with Crippen molar-refractivity contribution in [3.05, 3.63) is 62.9 Å². The summed E-state index contributed by atoms with van der Waals surface area (Å²) < 4.78 is 13.0. The molecule has 0 saturated heterocycles. The third-order valence-electron chi connectivity index (χ3n) is 2.62. The quantitative estimate of drug-likeness (QED) is 0.516. The van der Waals surface area contributed by atoms with Gasteiger partial charge in [0.15, 0.2) is 0 Å². The first-order chi connectivity index (χ1) is 9.88. The molecule has 108 valence electrons. The van der Waals surface area contributed by atoms with Gasteiger partial charge in [-0.2, -0.15) is 0 Å². The lowest BCUT2D eigenvalue weighted by Gasteiger charge is -2.07. The van der Waals surface area contributed by atoms with Gasteiger partial charge in [0.2, 0.25) is 0 Å². The highest BCUT2D eigenvalue weighted by Crippen LogP contribution is 2.28. The Hall–Kier alpha value is -2.67. The third kappa shape index (κ3) is 3.26. The largest absolute Gasteiger partial charge is 0.506 e. The molecule has 2 N–H and O–H groups in total. The van der Waals surface area contributed by atoms with Crippen LogP contribution in [0, 0.1) is 15.9 Å². The van der Waals surface area contributed by atoms with Crippen LogP contribution in [-0.2, 0) is 0 Å². The van der Waals surface area contributed by atoms with E-state index in [2.05, 4.69) is 5.32 Å². The molecule has 2 aromatic carbocycles. The number of benzene rings is 2. The number of phenols is 1. The molecule has 0 radical (unpaired) electrons. The molecule has 0 unspecified atom stereocenters. The van der Waals surface area contributed by atoms with Crippen LogP contribution in [0.1, 0.15) is 10.4 Å². The molecule has 21 heavy (non-hydrogen) atoms. The van der Waals surface area contributed by atoms with Crippen molar-refractivity contribution < 1.29 is 19.2 Å². The standard InChI is InChI=1S/C13H8ClFN2O4/c14-9-5-7(1-3-10(9)15)13(19)16-11-4-2-8(17(20)21)6-12(11)18/h1-6,18H,(H,16,19). The molecule has 6 nitrogen and oxygen atoms in total. The lowest BCUT2D eigenvalue weighted by Crippen LogP contribution is -2.12. The summed E-state index contributed by atoms with van der Waals surface area (Å²) in [6, 6.07) is 6.62. The average molecular weight is 311 g/mol. The zero-order valence-electron chi connectivity index (χ0n) is 10.3. The zero-order chi connectivity index (χ0) is 15.6. The zero-order valence-corrected chi connectivity index (χ0v) is 11.1. The second-order valence-electron chi connectivity index (χ2n) is 4.04. The van der Waals surface area contributed by atoms with E-state index < -0.39 is 22.4 Å². The fraction of sp³-hybridized carbons (Fsp3) is 0. The van der Waals surface area contributed by atoms with E-state index in [1.807, 2.05) is 0 Å². The molecule has 0 heterocycles. The number of nitro groups is 1. The van der Waals surface area contributed by atoms with Gasteiger partial charge in [0, 0.05) is 11.6 Å². The van der Waals surface area contributed by atoms with Crippen LogP contribution in [0.4, 0.5) is 15.8 Å². The third-order valence-corrected chi connectivity index (χ3v) is 2.91. The number of halogens is 2. The van der Waals surface area contributed by atoms with Gasteiger partial charge < -0.3 is 10.4 Å². The molecule has 0 saturated carbocycles. The van der Waals surface area contributed by atoms with Crippen molar-refractivity contribution in [3.63, 3.8) is 0 Å². The van der Waals surface area contributed by atoms with Crippen LogP contribution in [0.5, 0.6) is 5.75 Å². The number of carbonyl (C=O) groups excluding carboxylic acids is 1. The number of hydrogen-bond acceptors (Lipinski definition) is 4.